The topological polar surface area (TPSA) is 59.1 Å². The van der Waals surface area contributed by atoms with Crippen molar-refractivity contribution in [3.05, 3.63) is 58.1 Å². The van der Waals surface area contributed by atoms with Crippen LogP contribution in [0.15, 0.2) is 36.4 Å². The second-order valence-electron chi connectivity index (χ2n) is 11.4. The Morgan fingerprint density at radius 3 is 2.53 bits per heavy atom. The number of hydrogen-bond acceptors (Lipinski definition) is 5. The molecule has 1 aliphatic heterocycles. The van der Waals surface area contributed by atoms with E-state index in [1.807, 2.05) is 12.1 Å². The molecule has 0 spiro atoms. The van der Waals surface area contributed by atoms with Gasteiger partial charge in [-0.2, -0.15) is 0 Å². The third kappa shape index (κ3) is 5.17. The van der Waals surface area contributed by atoms with Gasteiger partial charge < -0.3 is 9.47 Å². The molecule has 3 atom stereocenters. The Kier molecular flexibility index (Phi) is 7.37. The molecule has 0 radical (unpaired) electrons. The first-order valence-corrected chi connectivity index (χ1v) is 14.6. The van der Waals surface area contributed by atoms with Gasteiger partial charge in [0.05, 0.1) is 25.5 Å². The number of ether oxygens (including phenoxy) is 2. The molecule has 2 saturated carbocycles. The van der Waals surface area contributed by atoms with Crippen LogP contribution in [0.2, 0.25) is 5.02 Å². The number of halogens is 1. The molecule has 38 heavy (non-hydrogen) atoms. The molecule has 0 N–H and O–H groups in total. The summed E-state index contributed by atoms with van der Waals surface area (Å²) in [6, 6.07) is 12.9. The van der Waals surface area contributed by atoms with Crippen molar-refractivity contribution < 1.29 is 19.1 Å². The second kappa shape index (κ2) is 10.9. The SMILES string of the molecule is COc1cc(CN(CC2CCCCC2)C2CCc3cc(Cl)ccc32)ccc1OCCN1C(=O)C2CC2C1=O. The Hall–Kier alpha value is -2.57. The predicted molar refractivity (Wildman–Crippen MR) is 146 cm³/mol. The van der Waals surface area contributed by atoms with Crippen LogP contribution in [0.4, 0.5) is 0 Å². The van der Waals surface area contributed by atoms with Crippen LogP contribution in [0.3, 0.4) is 0 Å². The predicted octanol–water partition coefficient (Wildman–Crippen LogP) is 5.80. The second-order valence-corrected chi connectivity index (χ2v) is 11.9. The van der Waals surface area contributed by atoms with Crippen molar-refractivity contribution in [3.8, 4) is 11.5 Å². The summed E-state index contributed by atoms with van der Waals surface area (Å²) in [5, 5.41) is 0.818. The average molecular weight is 537 g/mol. The first-order valence-electron chi connectivity index (χ1n) is 14.2. The number of nitrogens with zero attached hydrogens (tertiary/aromatic N) is 2. The summed E-state index contributed by atoms with van der Waals surface area (Å²) in [6.45, 7) is 2.50. The number of carbonyl (C=O) groups is 2. The van der Waals surface area contributed by atoms with Crippen LogP contribution in [0.5, 0.6) is 11.5 Å². The molecule has 2 aromatic carbocycles. The zero-order valence-corrected chi connectivity index (χ0v) is 22.9. The summed E-state index contributed by atoms with van der Waals surface area (Å²) < 4.78 is 11.7. The third-order valence-electron chi connectivity index (χ3n) is 8.95. The highest BCUT2D eigenvalue weighted by atomic mass is 35.5. The number of carbonyl (C=O) groups excluding carboxylic acids is 2. The highest BCUT2D eigenvalue weighted by Gasteiger charge is 2.58. The van der Waals surface area contributed by atoms with Gasteiger partial charge in [-0.1, -0.05) is 43.0 Å². The van der Waals surface area contributed by atoms with Gasteiger partial charge in [-0.05, 0) is 79.0 Å². The quantitative estimate of drug-likeness (QED) is 0.359. The summed E-state index contributed by atoms with van der Waals surface area (Å²) in [6.07, 6.45) is 9.59. The molecule has 3 fully saturated rings. The maximum Gasteiger partial charge on any atom is 0.233 e. The van der Waals surface area contributed by atoms with Gasteiger partial charge in [0.2, 0.25) is 11.8 Å². The number of rotatable bonds is 10. The Labute approximate surface area is 230 Å². The molecule has 3 unspecified atom stereocenters. The normalized spacial score (nSPS) is 24.6. The zero-order chi connectivity index (χ0) is 26.2. The Morgan fingerprint density at radius 1 is 0.974 bits per heavy atom. The van der Waals surface area contributed by atoms with Crippen molar-refractivity contribution >= 4 is 23.4 Å². The van der Waals surface area contributed by atoms with Gasteiger partial charge in [0.1, 0.15) is 6.61 Å². The Balaban J connectivity index is 1.15. The minimum absolute atomic E-state index is 0.0419. The van der Waals surface area contributed by atoms with Gasteiger partial charge in [-0.3, -0.25) is 19.4 Å². The smallest absolute Gasteiger partial charge is 0.233 e. The monoisotopic (exact) mass is 536 g/mol. The van der Waals surface area contributed by atoms with Crippen LogP contribution in [-0.2, 0) is 22.6 Å². The molecule has 0 bridgehead atoms. The molecule has 2 amide bonds. The van der Waals surface area contributed by atoms with Crippen molar-refractivity contribution in [2.45, 2.75) is 64.0 Å². The van der Waals surface area contributed by atoms with Crippen molar-refractivity contribution in [3.63, 3.8) is 0 Å². The fourth-order valence-electron chi connectivity index (χ4n) is 6.83. The number of aryl methyl sites for hydroxylation is 1. The number of hydrogen-bond donors (Lipinski definition) is 0. The van der Waals surface area contributed by atoms with Crippen LogP contribution in [0.25, 0.3) is 0 Å². The lowest BCUT2D eigenvalue weighted by Gasteiger charge is -2.34. The largest absolute Gasteiger partial charge is 0.493 e. The van der Waals surface area contributed by atoms with E-state index in [0.29, 0.717) is 17.5 Å². The lowest BCUT2D eigenvalue weighted by Crippen LogP contribution is -2.36. The summed E-state index contributed by atoms with van der Waals surface area (Å²) >= 11 is 6.30. The maximum absolute atomic E-state index is 12.2. The van der Waals surface area contributed by atoms with E-state index in [2.05, 4.69) is 29.2 Å². The third-order valence-corrected chi connectivity index (χ3v) is 9.19. The lowest BCUT2D eigenvalue weighted by molar-refractivity contribution is -0.141. The van der Waals surface area contributed by atoms with Crippen LogP contribution >= 0.6 is 11.6 Å². The molecule has 6 rings (SSSR count). The zero-order valence-electron chi connectivity index (χ0n) is 22.2. The molecule has 3 aliphatic carbocycles. The molecule has 0 aromatic heterocycles. The maximum atomic E-state index is 12.2. The molecule has 1 heterocycles. The Bertz CT molecular complexity index is 1190. The van der Waals surface area contributed by atoms with Crippen molar-refractivity contribution in [2.75, 3.05) is 26.8 Å². The van der Waals surface area contributed by atoms with Gasteiger partial charge in [0.25, 0.3) is 0 Å². The van der Waals surface area contributed by atoms with E-state index >= 15 is 0 Å². The molecule has 2 aromatic rings. The molecular formula is C31H37ClN2O4. The van der Waals surface area contributed by atoms with Crippen LogP contribution in [-0.4, -0.2) is 48.4 Å². The lowest BCUT2D eigenvalue weighted by atomic mass is 9.88. The van der Waals surface area contributed by atoms with Gasteiger partial charge in [-0.25, -0.2) is 0 Å². The Morgan fingerprint density at radius 2 is 1.76 bits per heavy atom. The van der Waals surface area contributed by atoms with Crippen molar-refractivity contribution in [1.29, 1.82) is 0 Å². The molecule has 4 aliphatic rings. The van der Waals surface area contributed by atoms with Crippen molar-refractivity contribution in [2.24, 2.45) is 17.8 Å². The number of methoxy groups -OCH3 is 1. The van der Waals surface area contributed by atoms with Crippen molar-refractivity contribution in [1.82, 2.24) is 9.80 Å². The number of fused-ring (bicyclic) bond motifs is 2. The number of amides is 2. The minimum Gasteiger partial charge on any atom is -0.493 e. The molecule has 7 heteroatoms. The van der Waals surface area contributed by atoms with E-state index in [0.717, 1.165) is 43.3 Å². The molecule has 6 nitrogen and oxygen atoms in total. The minimum atomic E-state index is -0.0725. The van der Waals surface area contributed by atoms with Gasteiger partial charge in [0, 0.05) is 24.2 Å². The number of piperidine rings is 1. The molecule has 202 valence electrons. The first kappa shape index (κ1) is 25.7. The summed E-state index contributed by atoms with van der Waals surface area (Å²) in [5.41, 5.74) is 3.99. The van der Waals surface area contributed by atoms with Gasteiger partial charge in [0.15, 0.2) is 11.5 Å². The summed E-state index contributed by atoms with van der Waals surface area (Å²) in [4.78, 5) is 28.5. The van der Waals surface area contributed by atoms with Crippen LogP contribution < -0.4 is 9.47 Å². The average Bonchev–Trinajstić information content (AvgIpc) is 3.57. The van der Waals surface area contributed by atoms with Crippen LogP contribution in [0.1, 0.15) is 67.7 Å². The number of benzene rings is 2. The van der Waals surface area contributed by atoms with E-state index in [-0.39, 0.29) is 36.8 Å². The fourth-order valence-corrected chi connectivity index (χ4v) is 7.02. The van der Waals surface area contributed by atoms with Gasteiger partial charge in [-0.15, -0.1) is 0 Å². The van der Waals surface area contributed by atoms with E-state index in [9.17, 15) is 9.59 Å². The number of imide groups is 1. The number of likely N-dealkylation sites (tertiary alicyclic amines) is 1. The van der Waals surface area contributed by atoms with Crippen LogP contribution in [0, 0.1) is 17.8 Å². The summed E-state index contributed by atoms with van der Waals surface area (Å²) in [5.74, 6) is 1.83. The highest BCUT2D eigenvalue weighted by molar-refractivity contribution is 6.30. The van der Waals surface area contributed by atoms with E-state index in [1.54, 1.807) is 7.11 Å². The first-order chi connectivity index (χ1) is 18.5. The van der Waals surface area contributed by atoms with Gasteiger partial charge >= 0.3 is 0 Å². The highest BCUT2D eigenvalue weighted by Crippen LogP contribution is 2.47. The molecular weight excluding hydrogens is 500 g/mol. The van der Waals surface area contributed by atoms with E-state index in [1.165, 1.54) is 53.7 Å². The standard InChI is InChI=1S/C31H37ClN2O4/c1-37-29-15-21(7-12-28(29)38-14-13-34-30(35)25-17-26(25)31(34)36)19-33(18-20-5-3-2-4-6-20)27-11-8-22-16-23(32)9-10-24(22)27/h7,9-10,12,15-16,20,25-27H,2-6,8,11,13-14,17-19H2,1H3. The summed E-state index contributed by atoms with van der Waals surface area (Å²) in [7, 11) is 1.66. The fraction of sp³-hybridized carbons (Fsp3) is 0.548. The molecule has 1 saturated heterocycles. The van der Waals surface area contributed by atoms with E-state index < -0.39 is 0 Å². The van der Waals surface area contributed by atoms with E-state index in [4.69, 9.17) is 21.1 Å².